The number of aryl methyl sites for hydroxylation is 3. The maximum atomic E-state index is 12.3. The fourth-order valence-corrected chi connectivity index (χ4v) is 3.56. The molecule has 0 aliphatic rings. The van der Waals surface area contributed by atoms with E-state index in [1.165, 1.54) is 6.07 Å². The maximum absolute atomic E-state index is 12.3. The van der Waals surface area contributed by atoms with E-state index in [1.54, 1.807) is 12.1 Å². The normalized spacial score (nSPS) is 11.2. The molecule has 2 aromatic carbocycles. The minimum atomic E-state index is -3.64. The van der Waals surface area contributed by atoms with Crippen LogP contribution < -0.4 is 14.4 Å². The molecular formula is C20H25ClN2O4S. The summed E-state index contributed by atoms with van der Waals surface area (Å²) in [6.07, 6.45) is 1.05. The summed E-state index contributed by atoms with van der Waals surface area (Å²) in [5.74, 6) is 0.341. The third-order valence-corrected chi connectivity index (χ3v) is 5.70. The fourth-order valence-electron chi connectivity index (χ4n) is 2.54. The molecule has 0 aliphatic heterocycles. The van der Waals surface area contributed by atoms with Crippen molar-refractivity contribution in [1.82, 2.24) is 5.32 Å². The van der Waals surface area contributed by atoms with Crippen LogP contribution in [0.25, 0.3) is 0 Å². The molecule has 0 saturated carbocycles. The highest BCUT2D eigenvalue weighted by atomic mass is 35.5. The number of nitrogens with zero attached hydrogens (tertiary/aromatic N) is 1. The zero-order chi connectivity index (χ0) is 20.9. The summed E-state index contributed by atoms with van der Waals surface area (Å²) in [6.45, 7) is 5.96. The molecule has 0 aliphatic carbocycles. The van der Waals surface area contributed by atoms with Crippen molar-refractivity contribution < 1.29 is 17.9 Å². The highest BCUT2D eigenvalue weighted by Gasteiger charge is 2.21. The molecule has 0 fully saturated rings. The van der Waals surface area contributed by atoms with Gasteiger partial charge >= 0.3 is 0 Å². The summed E-state index contributed by atoms with van der Waals surface area (Å²) in [4.78, 5) is 12.3. The summed E-state index contributed by atoms with van der Waals surface area (Å²) in [5, 5.41) is 3.12. The molecule has 0 spiro atoms. The Bertz CT molecular complexity index is 961. The van der Waals surface area contributed by atoms with E-state index in [4.69, 9.17) is 16.3 Å². The molecule has 152 valence electrons. The molecule has 2 rings (SSSR count). The quantitative estimate of drug-likeness (QED) is 0.660. The molecular weight excluding hydrogens is 400 g/mol. The molecule has 0 heterocycles. The molecule has 0 saturated heterocycles. The van der Waals surface area contributed by atoms with Gasteiger partial charge in [0.15, 0.2) is 0 Å². The average molecular weight is 425 g/mol. The molecule has 0 unspecified atom stereocenters. The maximum Gasteiger partial charge on any atom is 0.240 e. The molecule has 0 atom stereocenters. The Morgan fingerprint density at radius 2 is 1.79 bits per heavy atom. The number of hydrogen-bond acceptors (Lipinski definition) is 4. The van der Waals surface area contributed by atoms with Gasteiger partial charge in [-0.25, -0.2) is 8.42 Å². The van der Waals surface area contributed by atoms with E-state index in [0.29, 0.717) is 10.7 Å². The van der Waals surface area contributed by atoms with Crippen LogP contribution in [0.1, 0.15) is 16.7 Å². The van der Waals surface area contributed by atoms with Crippen molar-refractivity contribution in [1.29, 1.82) is 0 Å². The number of amides is 1. The number of carbonyl (C=O) groups excluding carboxylic acids is 1. The minimum Gasteiger partial charge on any atom is -0.491 e. The van der Waals surface area contributed by atoms with E-state index in [-0.39, 0.29) is 19.7 Å². The SMILES string of the molecule is Cc1ccc(C)c(OCCNC(=O)CN(c2ccc(C)c(Cl)c2)S(C)(=O)=O)c1. The Kier molecular flexibility index (Phi) is 7.32. The second-order valence-electron chi connectivity index (χ2n) is 6.67. The van der Waals surface area contributed by atoms with E-state index < -0.39 is 15.9 Å². The van der Waals surface area contributed by atoms with Crippen molar-refractivity contribution in [2.75, 3.05) is 30.3 Å². The van der Waals surface area contributed by atoms with Crippen LogP contribution >= 0.6 is 11.6 Å². The van der Waals surface area contributed by atoms with Gasteiger partial charge in [-0.3, -0.25) is 9.10 Å². The van der Waals surface area contributed by atoms with Crippen molar-refractivity contribution in [3.05, 3.63) is 58.1 Å². The van der Waals surface area contributed by atoms with Crippen LogP contribution in [0.3, 0.4) is 0 Å². The number of hydrogen-bond donors (Lipinski definition) is 1. The lowest BCUT2D eigenvalue weighted by Crippen LogP contribution is -2.41. The average Bonchev–Trinajstić information content (AvgIpc) is 2.61. The number of ether oxygens (including phenoxy) is 1. The van der Waals surface area contributed by atoms with Gasteiger partial charge in [-0.15, -0.1) is 0 Å². The zero-order valence-electron chi connectivity index (χ0n) is 16.5. The van der Waals surface area contributed by atoms with Crippen molar-refractivity contribution in [2.45, 2.75) is 20.8 Å². The monoisotopic (exact) mass is 424 g/mol. The van der Waals surface area contributed by atoms with Gasteiger partial charge in [0.05, 0.1) is 18.5 Å². The molecule has 6 nitrogen and oxygen atoms in total. The standard InChI is InChI=1S/C20H25ClN2O4S/c1-14-5-6-16(3)19(11-14)27-10-9-22-20(24)13-23(28(4,25)26)17-8-7-15(2)18(21)12-17/h5-8,11-12H,9-10,13H2,1-4H3,(H,22,24). The van der Waals surface area contributed by atoms with Crippen molar-refractivity contribution in [3.8, 4) is 5.75 Å². The summed E-state index contributed by atoms with van der Waals surface area (Å²) >= 11 is 6.09. The zero-order valence-corrected chi connectivity index (χ0v) is 18.0. The molecule has 0 radical (unpaired) electrons. The number of carbonyl (C=O) groups is 1. The van der Waals surface area contributed by atoms with Crippen LogP contribution in [0.4, 0.5) is 5.69 Å². The lowest BCUT2D eigenvalue weighted by molar-refractivity contribution is -0.119. The van der Waals surface area contributed by atoms with Gasteiger partial charge in [-0.2, -0.15) is 0 Å². The highest BCUT2D eigenvalue weighted by molar-refractivity contribution is 7.92. The third-order valence-electron chi connectivity index (χ3n) is 4.16. The Morgan fingerprint density at radius 3 is 2.43 bits per heavy atom. The van der Waals surface area contributed by atoms with Crippen LogP contribution in [-0.4, -0.2) is 40.3 Å². The number of rotatable bonds is 8. The minimum absolute atomic E-state index is 0.262. The van der Waals surface area contributed by atoms with E-state index >= 15 is 0 Å². The van der Waals surface area contributed by atoms with E-state index in [0.717, 1.165) is 33.0 Å². The van der Waals surface area contributed by atoms with Gasteiger partial charge in [-0.1, -0.05) is 29.8 Å². The predicted molar refractivity (Wildman–Crippen MR) is 113 cm³/mol. The van der Waals surface area contributed by atoms with Gasteiger partial charge in [0.2, 0.25) is 15.9 Å². The van der Waals surface area contributed by atoms with Gasteiger partial charge in [-0.05, 0) is 55.7 Å². The molecule has 28 heavy (non-hydrogen) atoms. The molecule has 0 bridgehead atoms. The molecule has 8 heteroatoms. The second kappa shape index (κ2) is 9.30. The Balaban J connectivity index is 1.95. The Morgan fingerprint density at radius 1 is 1.11 bits per heavy atom. The Labute approximate surface area is 171 Å². The number of benzene rings is 2. The first-order valence-corrected chi connectivity index (χ1v) is 11.0. The highest BCUT2D eigenvalue weighted by Crippen LogP contribution is 2.24. The van der Waals surface area contributed by atoms with Gasteiger partial charge in [0.1, 0.15) is 18.9 Å². The van der Waals surface area contributed by atoms with Crippen molar-refractivity contribution in [2.24, 2.45) is 0 Å². The van der Waals surface area contributed by atoms with Crippen LogP contribution in [0, 0.1) is 20.8 Å². The third kappa shape index (κ3) is 6.14. The summed E-state index contributed by atoms with van der Waals surface area (Å²) in [6, 6.07) is 10.8. The first kappa shape index (κ1) is 22.0. The number of anilines is 1. The smallest absolute Gasteiger partial charge is 0.240 e. The summed E-state index contributed by atoms with van der Waals surface area (Å²) in [7, 11) is -3.64. The van der Waals surface area contributed by atoms with E-state index in [1.807, 2.05) is 39.0 Å². The first-order valence-electron chi connectivity index (χ1n) is 8.78. The topological polar surface area (TPSA) is 75.7 Å². The number of nitrogens with one attached hydrogen (secondary N) is 1. The van der Waals surface area contributed by atoms with Crippen LogP contribution in [-0.2, 0) is 14.8 Å². The lowest BCUT2D eigenvalue weighted by Gasteiger charge is -2.22. The van der Waals surface area contributed by atoms with Gasteiger partial charge in [0.25, 0.3) is 0 Å². The molecule has 1 amide bonds. The lowest BCUT2D eigenvalue weighted by atomic mass is 10.1. The first-order chi connectivity index (χ1) is 13.1. The predicted octanol–water partition coefficient (Wildman–Crippen LogP) is 3.23. The van der Waals surface area contributed by atoms with E-state index in [2.05, 4.69) is 5.32 Å². The molecule has 1 N–H and O–H groups in total. The molecule has 0 aromatic heterocycles. The Hall–Kier alpha value is -2.25. The van der Waals surface area contributed by atoms with Crippen LogP contribution in [0.2, 0.25) is 5.02 Å². The van der Waals surface area contributed by atoms with E-state index in [9.17, 15) is 13.2 Å². The van der Waals surface area contributed by atoms with Crippen LogP contribution in [0.5, 0.6) is 5.75 Å². The molecule has 2 aromatic rings. The van der Waals surface area contributed by atoms with Gasteiger partial charge < -0.3 is 10.1 Å². The van der Waals surface area contributed by atoms with Crippen molar-refractivity contribution in [3.63, 3.8) is 0 Å². The van der Waals surface area contributed by atoms with Gasteiger partial charge in [0, 0.05) is 5.02 Å². The number of sulfonamides is 1. The second-order valence-corrected chi connectivity index (χ2v) is 8.98. The summed E-state index contributed by atoms with van der Waals surface area (Å²) < 4.78 is 31.0. The number of halogens is 1. The summed E-state index contributed by atoms with van der Waals surface area (Å²) in [5.41, 5.74) is 3.27. The van der Waals surface area contributed by atoms with Crippen molar-refractivity contribution >= 4 is 33.2 Å². The largest absolute Gasteiger partial charge is 0.491 e. The fraction of sp³-hybridized carbons (Fsp3) is 0.350. The van der Waals surface area contributed by atoms with Crippen LogP contribution in [0.15, 0.2) is 36.4 Å².